The number of halogens is 2. The second kappa shape index (κ2) is 5.58. The maximum atomic E-state index is 11.3. The van der Waals surface area contributed by atoms with Gasteiger partial charge in [-0.25, -0.2) is 4.68 Å². The van der Waals surface area contributed by atoms with Crippen molar-refractivity contribution in [2.24, 2.45) is 0 Å². The van der Waals surface area contributed by atoms with Crippen LogP contribution in [0.5, 0.6) is 0 Å². The predicted octanol–water partition coefficient (Wildman–Crippen LogP) is 4.65. The first-order valence-corrected chi connectivity index (χ1v) is 7.46. The van der Waals surface area contributed by atoms with E-state index >= 15 is 0 Å². The molecule has 0 atom stereocenters. The van der Waals surface area contributed by atoms with Crippen LogP contribution in [-0.4, -0.2) is 16.1 Å². The number of hydrogen-bond donors (Lipinski definition) is 0. The molecule has 2 aromatic rings. The van der Waals surface area contributed by atoms with Crippen LogP contribution in [0.15, 0.2) is 24.3 Å². The molecule has 3 rings (SSSR count). The van der Waals surface area contributed by atoms with Gasteiger partial charge in [0.25, 0.3) is 0 Å². The number of carbonyl (C=O) groups excluding carboxylic acids is 1. The second-order valence-corrected chi connectivity index (χ2v) is 5.87. The summed E-state index contributed by atoms with van der Waals surface area (Å²) in [5.74, 6) is 0.348. The summed E-state index contributed by atoms with van der Waals surface area (Å²) in [6.45, 7) is 0. The van der Waals surface area contributed by atoms with Crippen LogP contribution in [-0.2, 0) is 0 Å². The van der Waals surface area contributed by atoms with Crippen LogP contribution < -0.4 is 0 Å². The van der Waals surface area contributed by atoms with Gasteiger partial charge < -0.3 is 0 Å². The number of hydrogen-bond acceptors (Lipinski definition) is 2. The first kappa shape index (κ1) is 13.7. The standard InChI is InChI=1S/C15H14Cl2N2O/c16-11-5-7-12(8-6-11)19-15(17)13(9-20)14(18-19)10-3-1-2-4-10/h5-10H,1-4H2. The van der Waals surface area contributed by atoms with Gasteiger partial charge in [-0.2, -0.15) is 5.10 Å². The van der Waals surface area contributed by atoms with E-state index in [0.29, 0.717) is 21.7 Å². The van der Waals surface area contributed by atoms with Gasteiger partial charge >= 0.3 is 0 Å². The zero-order valence-electron chi connectivity index (χ0n) is 10.9. The van der Waals surface area contributed by atoms with Gasteiger partial charge in [-0.1, -0.05) is 36.0 Å². The average molecular weight is 309 g/mol. The van der Waals surface area contributed by atoms with E-state index in [4.69, 9.17) is 23.2 Å². The minimum absolute atomic E-state index is 0.348. The van der Waals surface area contributed by atoms with Gasteiger partial charge in [0, 0.05) is 10.9 Å². The largest absolute Gasteiger partial charge is 0.298 e. The number of aldehydes is 1. The van der Waals surface area contributed by atoms with E-state index in [1.165, 1.54) is 12.8 Å². The molecule has 1 heterocycles. The molecule has 1 aromatic carbocycles. The third-order valence-electron chi connectivity index (χ3n) is 3.82. The highest BCUT2D eigenvalue weighted by atomic mass is 35.5. The van der Waals surface area contributed by atoms with Crippen LogP contribution in [0.3, 0.4) is 0 Å². The van der Waals surface area contributed by atoms with Crippen molar-refractivity contribution in [2.75, 3.05) is 0 Å². The van der Waals surface area contributed by atoms with Crippen LogP contribution >= 0.6 is 23.2 Å². The van der Waals surface area contributed by atoms with E-state index in [1.54, 1.807) is 16.8 Å². The lowest BCUT2D eigenvalue weighted by molar-refractivity contribution is 0.112. The lowest BCUT2D eigenvalue weighted by Crippen LogP contribution is -1.99. The summed E-state index contributed by atoms with van der Waals surface area (Å²) in [7, 11) is 0. The molecule has 1 aliphatic rings. The highest BCUT2D eigenvalue weighted by Crippen LogP contribution is 2.37. The van der Waals surface area contributed by atoms with Gasteiger partial charge in [0.2, 0.25) is 0 Å². The van der Waals surface area contributed by atoms with Gasteiger partial charge in [0.1, 0.15) is 5.15 Å². The Kier molecular flexibility index (Phi) is 3.81. The van der Waals surface area contributed by atoms with Gasteiger partial charge in [-0.15, -0.1) is 0 Å². The van der Waals surface area contributed by atoms with Gasteiger partial charge in [-0.05, 0) is 37.1 Å². The molecular formula is C15H14Cl2N2O. The lowest BCUT2D eigenvalue weighted by Gasteiger charge is -2.05. The topological polar surface area (TPSA) is 34.9 Å². The monoisotopic (exact) mass is 308 g/mol. The van der Waals surface area contributed by atoms with E-state index in [9.17, 15) is 4.79 Å². The summed E-state index contributed by atoms with van der Waals surface area (Å²) in [6.07, 6.45) is 5.35. The maximum absolute atomic E-state index is 11.3. The van der Waals surface area contributed by atoms with Crippen molar-refractivity contribution < 1.29 is 4.79 Å². The summed E-state index contributed by atoms with van der Waals surface area (Å²) in [5, 5.41) is 5.61. The third-order valence-corrected chi connectivity index (χ3v) is 4.44. The van der Waals surface area contributed by atoms with Crippen molar-refractivity contribution >= 4 is 29.5 Å². The Morgan fingerprint density at radius 1 is 1.15 bits per heavy atom. The van der Waals surface area contributed by atoms with Crippen LogP contribution in [0.4, 0.5) is 0 Å². The molecule has 0 aliphatic heterocycles. The lowest BCUT2D eigenvalue weighted by atomic mass is 10.0. The minimum atomic E-state index is 0.348. The van der Waals surface area contributed by atoms with Crippen molar-refractivity contribution in [1.29, 1.82) is 0 Å². The normalized spacial score (nSPS) is 15.7. The van der Waals surface area contributed by atoms with Crippen molar-refractivity contribution in [2.45, 2.75) is 31.6 Å². The Morgan fingerprint density at radius 2 is 1.80 bits per heavy atom. The molecule has 0 amide bonds. The molecule has 1 fully saturated rings. The quantitative estimate of drug-likeness (QED) is 0.774. The zero-order chi connectivity index (χ0) is 14.1. The van der Waals surface area contributed by atoms with E-state index in [0.717, 1.165) is 30.5 Å². The molecule has 1 aromatic heterocycles. The van der Waals surface area contributed by atoms with Gasteiger partial charge in [-0.3, -0.25) is 4.79 Å². The molecule has 0 N–H and O–H groups in total. The van der Waals surface area contributed by atoms with Crippen molar-refractivity contribution in [3.05, 3.63) is 45.7 Å². The number of carbonyl (C=O) groups is 1. The molecular weight excluding hydrogens is 295 g/mol. The Bertz CT molecular complexity index is 628. The number of aromatic nitrogens is 2. The highest BCUT2D eigenvalue weighted by molar-refractivity contribution is 6.32. The summed E-state index contributed by atoms with van der Waals surface area (Å²) in [5.41, 5.74) is 2.16. The Morgan fingerprint density at radius 3 is 2.40 bits per heavy atom. The molecule has 0 unspecified atom stereocenters. The highest BCUT2D eigenvalue weighted by Gasteiger charge is 2.26. The SMILES string of the molecule is O=Cc1c(C2CCCC2)nn(-c2ccc(Cl)cc2)c1Cl. The molecule has 0 bridgehead atoms. The molecule has 0 saturated heterocycles. The Hall–Kier alpha value is -1.32. The van der Waals surface area contributed by atoms with Crippen LogP contribution in [0.2, 0.25) is 10.2 Å². The zero-order valence-corrected chi connectivity index (χ0v) is 12.4. The first-order chi connectivity index (χ1) is 9.70. The minimum Gasteiger partial charge on any atom is -0.298 e. The van der Waals surface area contributed by atoms with Crippen LogP contribution in [0.1, 0.15) is 47.7 Å². The fourth-order valence-electron chi connectivity index (χ4n) is 2.79. The summed E-state index contributed by atoms with van der Waals surface area (Å²) >= 11 is 12.2. The van der Waals surface area contributed by atoms with Gasteiger partial charge in [0.15, 0.2) is 6.29 Å². The molecule has 104 valence electrons. The van der Waals surface area contributed by atoms with E-state index in [-0.39, 0.29) is 0 Å². The predicted molar refractivity (Wildman–Crippen MR) is 80.2 cm³/mol. The number of nitrogens with zero attached hydrogens (tertiary/aromatic N) is 2. The number of benzene rings is 1. The summed E-state index contributed by atoms with van der Waals surface area (Å²) in [4.78, 5) is 11.3. The summed E-state index contributed by atoms with van der Waals surface area (Å²) < 4.78 is 1.62. The molecule has 0 spiro atoms. The molecule has 1 aliphatic carbocycles. The summed E-state index contributed by atoms with van der Waals surface area (Å²) in [6, 6.07) is 7.25. The molecule has 0 radical (unpaired) electrons. The molecule has 5 heteroatoms. The Labute approximate surface area is 127 Å². The fourth-order valence-corrected chi connectivity index (χ4v) is 3.19. The van der Waals surface area contributed by atoms with Crippen LogP contribution in [0, 0.1) is 0 Å². The second-order valence-electron chi connectivity index (χ2n) is 5.08. The van der Waals surface area contributed by atoms with Gasteiger partial charge in [0.05, 0.1) is 16.9 Å². The molecule has 1 saturated carbocycles. The molecule has 20 heavy (non-hydrogen) atoms. The number of rotatable bonds is 3. The first-order valence-electron chi connectivity index (χ1n) is 6.70. The maximum Gasteiger partial charge on any atom is 0.155 e. The van der Waals surface area contributed by atoms with E-state index in [1.807, 2.05) is 12.1 Å². The van der Waals surface area contributed by atoms with Crippen molar-refractivity contribution in [3.63, 3.8) is 0 Å². The van der Waals surface area contributed by atoms with Crippen molar-refractivity contribution in [3.8, 4) is 5.69 Å². The smallest absolute Gasteiger partial charge is 0.155 e. The third kappa shape index (κ3) is 2.36. The van der Waals surface area contributed by atoms with Crippen LogP contribution in [0.25, 0.3) is 5.69 Å². The average Bonchev–Trinajstić information content (AvgIpc) is 3.07. The van der Waals surface area contributed by atoms with E-state index < -0.39 is 0 Å². The Balaban J connectivity index is 2.07. The van der Waals surface area contributed by atoms with E-state index in [2.05, 4.69) is 5.10 Å². The van der Waals surface area contributed by atoms with Crippen molar-refractivity contribution in [1.82, 2.24) is 9.78 Å². The molecule has 3 nitrogen and oxygen atoms in total. The fraction of sp³-hybridized carbons (Fsp3) is 0.333.